The van der Waals surface area contributed by atoms with Gasteiger partial charge in [-0.3, -0.25) is 0 Å². The first-order valence-corrected chi connectivity index (χ1v) is 6.27. The lowest BCUT2D eigenvalue weighted by Gasteiger charge is -2.22. The largest absolute Gasteiger partial charge is 0.327 e. The molecular weight excluding hydrogens is 225 g/mol. The third kappa shape index (κ3) is 2.55. The van der Waals surface area contributed by atoms with Crippen molar-refractivity contribution in [3.05, 3.63) is 34.6 Å². The van der Waals surface area contributed by atoms with E-state index in [1.165, 1.54) is 12.5 Å². The summed E-state index contributed by atoms with van der Waals surface area (Å²) in [6.07, 6.45) is 5.49. The van der Waals surface area contributed by atoms with Gasteiger partial charge in [0.05, 0.1) is 0 Å². The van der Waals surface area contributed by atoms with Crippen LogP contribution in [0.4, 0.5) is 4.39 Å². The predicted molar refractivity (Wildman–Crippen MR) is 65.2 cm³/mol. The van der Waals surface area contributed by atoms with E-state index in [4.69, 9.17) is 17.3 Å². The SMILES string of the molecule is NC1CCCCCC1c1ccc(Cl)cc1F. The van der Waals surface area contributed by atoms with Gasteiger partial charge in [0.25, 0.3) is 0 Å². The fourth-order valence-corrected chi connectivity index (χ4v) is 2.68. The Morgan fingerprint density at radius 1 is 1.19 bits per heavy atom. The standard InChI is InChI=1S/C13H17ClFN/c14-9-6-7-10(12(15)8-9)11-4-2-1-3-5-13(11)16/h6-8,11,13H,1-5,16H2. The molecular formula is C13H17ClFN. The van der Waals surface area contributed by atoms with Crippen LogP contribution in [0.2, 0.25) is 5.02 Å². The average Bonchev–Trinajstić information content (AvgIpc) is 2.44. The van der Waals surface area contributed by atoms with Gasteiger partial charge < -0.3 is 5.73 Å². The van der Waals surface area contributed by atoms with Crippen molar-refractivity contribution in [3.63, 3.8) is 0 Å². The van der Waals surface area contributed by atoms with Crippen LogP contribution in [0.15, 0.2) is 18.2 Å². The fourth-order valence-electron chi connectivity index (χ4n) is 2.52. The summed E-state index contributed by atoms with van der Waals surface area (Å²) < 4.78 is 13.8. The van der Waals surface area contributed by atoms with Crippen LogP contribution in [0.25, 0.3) is 0 Å². The van der Waals surface area contributed by atoms with Gasteiger partial charge >= 0.3 is 0 Å². The zero-order valence-corrected chi connectivity index (χ0v) is 10.0. The van der Waals surface area contributed by atoms with Crippen LogP contribution < -0.4 is 5.73 Å². The minimum atomic E-state index is -0.213. The van der Waals surface area contributed by atoms with E-state index < -0.39 is 0 Å². The molecule has 1 aromatic carbocycles. The van der Waals surface area contributed by atoms with Crippen molar-refractivity contribution in [1.29, 1.82) is 0 Å². The maximum Gasteiger partial charge on any atom is 0.128 e. The summed E-state index contributed by atoms with van der Waals surface area (Å²) in [7, 11) is 0. The monoisotopic (exact) mass is 241 g/mol. The first-order valence-electron chi connectivity index (χ1n) is 5.89. The minimum Gasteiger partial charge on any atom is -0.327 e. The van der Waals surface area contributed by atoms with Crippen LogP contribution in [0.3, 0.4) is 0 Å². The van der Waals surface area contributed by atoms with E-state index >= 15 is 0 Å². The first kappa shape index (κ1) is 11.9. The molecule has 1 saturated carbocycles. The molecule has 2 unspecified atom stereocenters. The van der Waals surface area contributed by atoms with E-state index in [0.29, 0.717) is 5.02 Å². The van der Waals surface area contributed by atoms with Crippen molar-refractivity contribution in [2.24, 2.45) is 5.73 Å². The topological polar surface area (TPSA) is 26.0 Å². The molecule has 2 atom stereocenters. The van der Waals surface area contributed by atoms with Crippen LogP contribution in [-0.2, 0) is 0 Å². The van der Waals surface area contributed by atoms with E-state index in [9.17, 15) is 4.39 Å². The Hall–Kier alpha value is -0.600. The summed E-state index contributed by atoms with van der Waals surface area (Å²) in [4.78, 5) is 0. The van der Waals surface area contributed by atoms with Gasteiger partial charge in [-0.1, -0.05) is 36.9 Å². The van der Waals surface area contributed by atoms with E-state index in [1.807, 2.05) is 0 Å². The lowest BCUT2D eigenvalue weighted by Crippen LogP contribution is -2.27. The molecule has 3 heteroatoms. The molecule has 0 heterocycles. The molecule has 0 bridgehead atoms. The lowest BCUT2D eigenvalue weighted by molar-refractivity contribution is 0.479. The number of benzene rings is 1. The van der Waals surface area contributed by atoms with Crippen molar-refractivity contribution < 1.29 is 4.39 Å². The van der Waals surface area contributed by atoms with Crippen LogP contribution in [-0.4, -0.2) is 6.04 Å². The lowest BCUT2D eigenvalue weighted by atomic mass is 9.88. The molecule has 0 aliphatic heterocycles. The second kappa shape index (κ2) is 5.15. The quantitative estimate of drug-likeness (QED) is 0.743. The van der Waals surface area contributed by atoms with Crippen LogP contribution in [0.1, 0.15) is 43.6 Å². The van der Waals surface area contributed by atoms with Gasteiger partial charge in [-0.25, -0.2) is 4.39 Å². The average molecular weight is 242 g/mol. The summed E-state index contributed by atoms with van der Waals surface area (Å²) in [5, 5.41) is 0.448. The van der Waals surface area contributed by atoms with E-state index in [1.54, 1.807) is 12.1 Å². The Balaban J connectivity index is 2.27. The van der Waals surface area contributed by atoms with Gasteiger partial charge in [0.15, 0.2) is 0 Å². The summed E-state index contributed by atoms with van der Waals surface area (Å²) >= 11 is 5.75. The molecule has 0 radical (unpaired) electrons. The van der Waals surface area contributed by atoms with Gasteiger partial charge in [-0.05, 0) is 30.5 Å². The highest BCUT2D eigenvalue weighted by Crippen LogP contribution is 2.33. The molecule has 1 aliphatic carbocycles. The number of hydrogen-bond acceptors (Lipinski definition) is 1. The van der Waals surface area contributed by atoms with Gasteiger partial charge in [0.1, 0.15) is 5.82 Å². The van der Waals surface area contributed by atoms with Crippen LogP contribution >= 0.6 is 11.6 Å². The Kier molecular flexibility index (Phi) is 3.82. The second-order valence-electron chi connectivity index (χ2n) is 4.57. The Bertz CT molecular complexity index is 367. The number of nitrogens with two attached hydrogens (primary N) is 1. The molecule has 0 spiro atoms. The summed E-state index contributed by atoms with van der Waals surface area (Å²) in [5.74, 6) is -0.0605. The van der Waals surface area contributed by atoms with Crippen molar-refractivity contribution >= 4 is 11.6 Å². The molecule has 1 nitrogen and oxygen atoms in total. The van der Waals surface area contributed by atoms with E-state index in [0.717, 1.165) is 31.2 Å². The summed E-state index contributed by atoms with van der Waals surface area (Å²) in [6, 6.07) is 5.00. The molecule has 2 N–H and O–H groups in total. The molecule has 0 aromatic heterocycles. The molecule has 0 saturated heterocycles. The van der Waals surface area contributed by atoms with Gasteiger partial charge in [0, 0.05) is 17.0 Å². The Morgan fingerprint density at radius 3 is 2.69 bits per heavy atom. The van der Waals surface area contributed by atoms with Crippen molar-refractivity contribution in [3.8, 4) is 0 Å². The smallest absolute Gasteiger partial charge is 0.128 e. The van der Waals surface area contributed by atoms with E-state index in [2.05, 4.69) is 0 Å². The number of rotatable bonds is 1. The summed E-state index contributed by atoms with van der Waals surface area (Å²) in [5.41, 5.74) is 6.85. The molecule has 1 aliphatic rings. The third-order valence-electron chi connectivity index (χ3n) is 3.43. The van der Waals surface area contributed by atoms with Crippen LogP contribution in [0, 0.1) is 5.82 Å². The maximum atomic E-state index is 13.8. The molecule has 0 amide bonds. The highest BCUT2D eigenvalue weighted by Gasteiger charge is 2.24. The van der Waals surface area contributed by atoms with Gasteiger partial charge in [-0.15, -0.1) is 0 Å². The normalized spacial score (nSPS) is 26.4. The van der Waals surface area contributed by atoms with E-state index in [-0.39, 0.29) is 17.8 Å². The Labute approximate surface area is 101 Å². The fraction of sp³-hybridized carbons (Fsp3) is 0.538. The minimum absolute atomic E-state index is 0.0816. The zero-order valence-electron chi connectivity index (χ0n) is 9.26. The molecule has 88 valence electrons. The van der Waals surface area contributed by atoms with Crippen molar-refractivity contribution in [2.75, 3.05) is 0 Å². The molecule has 16 heavy (non-hydrogen) atoms. The molecule has 2 rings (SSSR count). The number of halogens is 2. The van der Waals surface area contributed by atoms with Crippen LogP contribution in [0.5, 0.6) is 0 Å². The van der Waals surface area contributed by atoms with Gasteiger partial charge in [-0.2, -0.15) is 0 Å². The maximum absolute atomic E-state index is 13.8. The van der Waals surface area contributed by atoms with Crippen molar-refractivity contribution in [1.82, 2.24) is 0 Å². The second-order valence-corrected chi connectivity index (χ2v) is 5.01. The summed E-state index contributed by atoms with van der Waals surface area (Å²) in [6.45, 7) is 0. The van der Waals surface area contributed by atoms with Crippen molar-refractivity contribution in [2.45, 2.75) is 44.1 Å². The van der Waals surface area contributed by atoms with Gasteiger partial charge in [0.2, 0.25) is 0 Å². The molecule has 1 aromatic rings. The third-order valence-corrected chi connectivity index (χ3v) is 3.67. The highest BCUT2D eigenvalue weighted by atomic mass is 35.5. The Morgan fingerprint density at radius 2 is 1.94 bits per heavy atom. The number of hydrogen-bond donors (Lipinski definition) is 1. The first-order chi connectivity index (χ1) is 7.68. The highest BCUT2D eigenvalue weighted by molar-refractivity contribution is 6.30. The molecule has 1 fully saturated rings. The zero-order chi connectivity index (χ0) is 11.5. The predicted octanol–water partition coefficient (Wildman–Crippen LogP) is 3.85.